The first-order valence-electron chi connectivity index (χ1n) is 9.24. The van der Waals surface area contributed by atoms with E-state index in [4.69, 9.17) is 0 Å². The molecule has 0 radical (unpaired) electrons. The van der Waals surface area contributed by atoms with E-state index in [0.717, 1.165) is 17.8 Å². The number of benzene rings is 2. The van der Waals surface area contributed by atoms with Crippen LogP contribution in [0.2, 0.25) is 0 Å². The van der Waals surface area contributed by atoms with Crippen molar-refractivity contribution in [3.05, 3.63) is 90.7 Å². The number of fused-ring (bicyclic) bond motifs is 3. The third-order valence-electron chi connectivity index (χ3n) is 3.73. The van der Waals surface area contributed by atoms with Gasteiger partial charge in [0.2, 0.25) is 0 Å². The average Bonchev–Trinajstić information content (AvgIpc) is 3.01. The molecule has 0 saturated carbocycles. The van der Waals surface area contributed by atoms with Crippen molar-refractivity contribution in [2.45, 2.75) is 41.5 Å². The van der Waals surface area contributed by atoms with Crippen LogP contribution in [0.5, 0.6) is 0 Å². The summed E-state index contributed by atoms with van der Waals surface area (Å²) in [5.41, 5.74) is 6.68. The average molecular weight is 379 g/mol. The zero-order chi connectivity index (χ0) is 20.2. The first-order chi connectivity index (χ1) is 13.1. The Bertz CT molecular complexity index is 819. The highest BCUT2D eigenvalue weighted by molar-refractivity contribution is 5.91. The maximum atomic E-state index is 11.9. The lowest BCUT2D eigenvalue weighted by molar-refractivity contribution is 0.254. The van der Waals surface area contributed by atoms with Crippen LogP contribution in [0.3, 0.4) is 0 Å². The normalized spacial score (nSPS) is 10.4. The Balaban J connectivity index is 0.00000111. The van der Waals surface area contributed by atoms with Crippen LogP contribution in [0.25, 0.3) is 11.1 Å². The lowest BCUT2D eigenvalue weighted by Gasteiger charge is -2.09. The standard InChI is InChI=1S/C19H18N2O.C3H6.C2H6.CH4/c1-3-6-13(2)20-19(22)21-16-9-10-18-15(12-16)11-14-7-4-5-8-17(14)18;1-3-2;1-2;/h3-10,12H,1,11H2,2H3,(H2,20,21,22);3H,1H2,2H3;1-2H3;1H4/b13-6+;;;. The predicted octanol–water partition coefficient (Wildman–Crippen LogP) is 7.32. The van der Waals surface area contributed by atoms with Crippen molar-refractivity contribution in [3.8, 4) is 11.1 Å². The van der Waals surface area contributed by atoms with Gasteiger partial charge in [-0.1, -0.05) is 70.3 Å². The number of hydrogen-bond donors (Lipinski definition) is 2. The van der Waals surface area contributed by atoms with Gasteiger partial charge < -0.3 is 10.6 Å². The molecule has 3 rings (SSSR count). The summed E-state index contributed by atoms with van der Waals surface area (Å²) in [6.07, 6.45) is 6.05. The minimum Gasteiger partial charge on any atom is -0.312 e. The summed E-state index contributed by atoms with van der Waals surface area (Å²) in [4.78, 5) is 11.9. The van der Waals surface area contributed by atoms with Crippen LogP contribution in [-0.2, 0) is 6.42 Å². The van der Waals surface area contributed by atoms with Gasteiger partial charge in [0.05, 0.1) is 0 Å². The van der Waals surface area contributed by atoms with Gasteiger partial charge in [-0.2, -0.15) is 0 Å². The van der Waals surface area contributed by atoms with Crippen LogP contribution in [0.4, 0.5) is 10.5 Å². The maximum absolute atomic E-state index is 11.9. The molecule has 28 heavy (non-hydrogen) atoms. The molecule has 0 unspecified atom stereocenters. The SMILES string of the molecule is C.C=C/C=C(\C)NC(=O)Nc1ccc2c(c1)Cc1ccccc1-2.C=CC.CC. The van der Waals surface area contributed by atoms with Crippen LogP contribution in [0, 0.1) is 0 Å². The van der Waals surface area contributed by atoms with Gasteiger partial charge in [-0.05, 0) is 60.7 Å². The molecule has 2 aromatic carbocycles. The fraction of sp³-hybridized carbons (Fsp3) is 0.240. The molecule has 0 aromatic heterocycles. The second-order valence-electron chi connectivity index (χ2n) is 5.78. The molecule has 2 aromatic rings. The van der Waals surface area contributed by atoms with Gasteiger partial charge in [0.1, 0.15) is 0 Å². The van der Waals surface area contributed by atoms with Gasteiger partial charge in [-0.15, -0.1) is 6.58 Å². The van der Waals surface area contributed by atoms with E-state index in [1.807, 2.05) is 39.8 Å². The number of nitrogens with one attached hydrogen (secondary N) is 2. The maximum Gasteiger partial charge on any atom is 0.323 e. The zero-order valence-electron chi connectivity index (χ0n) is 16.8. The summed E-state index contributed by atoms with van der Waals surface area (Å²) in [7, 11) is 0. The van der Waals surface area contributed by atoms with Crippen LogP contribution in [0.15, 0.2) is 79.5 Å². The van der Waals surface area contributed by atoms with Crippen molar-refractivity contribution >= 4 is 11.7 Å². The molecule has 0 bridgehead atoms. The number of anilines is 1. The fourth-order valence-electron chi connectivity index (χ4n) is 2.78. The Labute approximate surface area is 170 Å². The van der Waals surface area contributed by atoms with Crippen LogP contribution in [-0.4, -0.2) is 6.03 Å². The van der Waals surface area contributed by atoms with E-state index in [2.05, 4.69) is 54.1 Å². The molecule has 1 aliphatic rings. The highest BCUT2D eigenvalue weighted by atomic mass is 16.2. The number of hydrogen-bond acceptors (Lipinski definition) is 1. The Morgan fingerprint density at radius 1 is 1.04 bits per heavy atom. The van der Waals surface area contributed by atoms with Crippen LogP contribution < -0.4 is 10.6 Å². The Kier molecular flexibility index (Phi) is 11.7. The van der Waals surface area contributed by atoms with Gasteiger partial charge in [-0.25, -0.2) is 4.79 Å². The molecule has 150 valence electrons. The van der Waals surface area contributed by atoms with E-state index in [1.54, 1.807) is 18.2 Å². The Hall–Kier alpha value is -3.07. The highest BCUT2D eigenvalue weighted by Crippen LogP contribution is 2.37. The first kappa shape index (κ1) is 24.9. The summed E-state index contributed by atoms with van der Waals surface area (Å²) < 4.78 is 0. The molecule has 0 aliphatic heterocycles. The molecule has 0 saturated heterocycles. The fourth-order valence-corrected chi connectivity index (χ4v) is 2.78. The zero-order valence-corrected chi connectivity index (χ0v) is 16.8. The minimum absolute atomic E-state index is 0. The van der Waals surface area contributed by atoms with Crippen molar-refractivity contribution in [2.24, 2.45) is 0 Å². The van der Waals surface area contributed by atoms with Crippen molar-refractivity contribution in [2.75, 3.05) is 5.32 Å². The molecule has 2 amide bonds. The van der Waals surface area contributed by atoms with E-state index in [0.29, 0.717) is 0 Å². The van der Waals surface area contributed by atoms with Crippen molar-refractivity contribution in [3.63, 3.8) is 0 Å². The molecule has 0 fully saturated rings. The largest absolute Gasteiger partial charge is 0.323 e. The van der Waals surface area contributed by atoms with E-state index in [1.165, 1.54) is 22.3 Å². The number of carbonyl (C=O) groups excluding carboxylic acids is 1. The predicted molar refractivity (Wildman–Crippen MR) is 125 cm³/mol. The number of urea groups is 1. The lowest BCUT2D eigenvalue weighted by Crippen LogP contribution is -2.27. The summed E-state index contributed by atoms with van der Waals surface area (Å²) in [5.74, 6) is 0. The summed E-state index contributed by atoms with van der Waals surface area (Å²) in [6, 6.07) is 14.2. The monoisotopic (exact) mass is 378 g/mol. The first-order valence-corrected chi connectivity index (χ1v) is 9.24. The highest BCUT2D eigenvalue weighted by Gasteiger charge is 2.18. The van der Waals surface area contributed by atoms with E-state index in [-0.39, 0.29) is 13.5 Å². The topological polar surface area (TPSA) is 41.1 Å². The smallest absolute Gasteiger partial charge is 0.312 e. The van der Waals surface area contributed by atoms with Crippen LogP contribution in [0.1, 0.15) is 46.2 Å². The van der Waals surface area contributed by atoms with E-state index >= 15 is 0 Å². The number of rotatable bonds is 3. The molecule has 3 nitrogen and oxygen atoms in total. The van der Waals surface area contributed by atoms with E-state index in [9.17, 15) is 4.79 Å². The summed E-state index contributed by atoms with van der Waals surface area (Å²) in [5, 5.41) is 5.62. The minimum atomic E-state index is -0.244. The Morgan fingerprint density at radius 3 is 2.29 bits per heavy atom. The second kappa shape index (κ2) is 13.2. The molecular formula is C25H34N2O. The molecule has 0 spiro atoms. The third kappa shape index (κ3) is 6.92. The molecular weight excluding hydrogens is 344 g/mol. The molecule has 2 N–H and O–H groups in total. The lowest BCUT2D eigenvalue weighted by atomic mass is 10.1. The van der Waals surface area contributed by atoms with Crippen molar-refractivity contribution < 1.29 is 4.79 Å². The van der Waals surface area contributed by atoms with Crippen molar-refractivity contribution in [1.82, 2.24) is 5.32 Å². The molecule has 3 heteroatoms. The summed E-state index contributed by atoms with van der Waals surface area (Å²) >= 11 is 0. The van der Waals surface area contributed by atoms with Gasteiger partial charge >= 0.3 is 6.03 Å². The summed E-state index contributed by atoms with van der Waals surface area (Å²) in [6.45, 7) is 14.7. The van der Waals surface area contributed by atoms with Gasteiger partial charge in [0, 0.05) is 11.4 Å². The molecule has 1 aliphatic carbocycles. The molecule has 0 atom stereocenters. The quantitative estimate of drug-likeness (QED) is 0.364. The number of carbonyl (C=O) groups is 1. The number of amides is 2. The molecule has 0 heterocycles. The van der Waals surface area contributed by atoms with E-state index < -0.39 is 0 Å². The number of allylic oxidation sites excluding steroid dienone is 4. The van der Waals surface area contributed by atoms with Crippen molar-refractivity contribution in [1.29, 1.82) is 0 Å². The van der Waals surface area contributed by atoms with Gasteiger partial charge in [0.25, 0.3) is 0 Å². The van der Waals surface area contributed by atoms with Gasteiger partial charge in [-0.3, -0.25) is 0 Å². The third-order valence-corrected chi connectivity index (χ3v) is 3.73. The van der Waals surface area contributed by atoms with Gasteiger partial charge in [0.15, 0.2) is 0 Å². The Morgan fingerprint density at radius 2 is 1.64 bits per heavy atom. The van der Waals surface area contributed by atoms with Crippen LogP contribution >= 0.6 is 0 Å². The second-order valence-corrected chi connectivity index (χ2v) is 5.78.